The van der Waals surface area contributed by atoms with E-state index in [1.807, 2.05) is 43.3 Å². The van der Waals surface area contributed by atoms with Crippen LogP contribution in [0, 0.1) is 5.92 Å². The highest BCUT2D eigenvalue weighted by Gasteiger charge is 2.39. The molecule has 6 nitrogen and oxygen atoms in total. The second-order valence-electron chi connectivity index (χ2n) is 6.57. The van der Waals surface area contributed by atoms with Gasteiger partial charge in [-0.1, -0.05) is 48.9 Å². The van der Waals surface area contributed by atoms with Crippen LogP contribution in [0.1, 0.15) is 13.3 Å². The summed E-state index contributed by atoms with van der Waals surface area (Å²) < 4.78 is 1.68. The van der Waals surface area contributed by atoms with Crippen molar-refractivity contribution in [2.24, 2.45) is 5.92 Å². The zero-order valence-electron chi connectivity index (χ0n) is 13.7. The Hall–Kier alpha value is -2.15. The Labute approximate surface area is 150 Å². The summed E-state index contributed by atoms with van der Waals surface area (Å²) in [5, 5.41) is 28.4. The summed E-state index contributed by atoms with van der Waals surface area (Å²) in [5.74, 6) is 0.667. The first kappa shape index (κ1) is 16.3. The molecular weight excluding hydrogens is 340 g/mol. The fraction of sp³-hybridized carbons (Fsp3) is 0.333. The van der Waals surface area contributed by atoms with E-state index in [9.17, 15) is 10.2 Å². The molecule has 1 aromatic carbocycles. The molecule has 0 unspecified atom stereocenters. The van der Waals surface area contributed by atoms with Crippen LogP contribution in [0.5, 0.6) is 0 Å². The normalized spacial score (nSPS) is 26.2. The molecule has 0 amide bonds. The van der Waals surface area contributed by atoms with Gasteiger partial charge in [0.25, 0.3) is 0 Å². The molecule has 1 fully saturated rings. The fourth-order valence-electron chi connectivity index (χ4n) is 3.38. The van der Waals surface area contributed by atoms with Gasteiger partial charge in [0.15, 0.2) is 5.65 Å². The molecule has 0 radical (unpaired) electrons. The summed E-state index contributed by atoms with van der Waals surface area (Å²) >= 11 is 6.15. The van der Waals surface area contributed by atoms with Gasteiger partial charge in [0.05, 0.1) is 17.8 Å². The number of aromatic nitrogens is 3. The average molecular weight is 359 g/mol. The number of hydrogen-bond donors (Lipinski definition) is 3. The first-order chi connectivity index (χ1) is 12.0. The lowest BCUT2D eigenvalue weighted by atomic mass is 10.1. The van der Waals surface area contributed by atoms with E-state index in [0.29, 0.717) is 23.0 Å². The zero-order valence-corrected chi connectivity index (χ0v) is 14.4. The van der Waals surface area contributed by atoms with Gasteiger partial charge in [0.2, 0.25) is 0 Å². The molecule has 2 heterocycles. The fourth-order valence-corrected chi connectivity index (χ4v) is 3.57. The van der Waals surface area contributed by atoms with E-state index in [1.54, 1.807) is 10.6 Å². The molecule has 0 saturated heterocycles. The number of aliphatic hydroxyl groups excluding tert-OH is 2. The Balaban J connectivity index is 1.73. The van der Waals surface area contributed by atoms with Crippen LogP contribution in [-0.2, 0) is 0 Å². The SMILES string of the molecule is C[C@@H]1C[C@@H](Nc2cc(Cl)nc3cc(-c4ccccc4)nn23)[C@H](O)[C@@H]1O. The third-order valence-corrected chi connectivity index (χ3v) is 4.96. The maximum absolute atomic E-state index is 10.2. The van der Waals surface area contributed by atoms with Crippen molar-refractivity contribution >= 4 is 23.1 Å². The highest BCUT2D eigenvalue weighted by atomic mass is 35.5. The predicted molar refractivity (Wildman–Crippen MR) is 96.6 cm³/mol. The molecule has 0 aliphatic heterocycles. The molecule has 1 aliphatic rings. The van der Waals surface area contributed by atoms with Gasteiger partial charge in [-0.05, 0) is 12.3 Å². The first-order valence-corrected chi connectivity index (χ1v) is 8.65. The van der Waals surface area contributed by atoms with Gasteiger partial charge in [0, 0.05) is 17.7 Å². The van der Waals surface area contributed by atoms with Gasteiger partial charge >= 0.3 is 0 Å². The quantitative estimate of drug-likeness (QED) is 0.627. The molecule has 1 aliphatic carbocycles. The van der Waals surface area contributed by atoms with E-state index in [-0.39, 0.29) is 12.0 Å². The minimum Gasteiger partial charge on any atom is -0.390 e. The maximum atomic E-state index is 10.2. The first-order valence-electron chi connectivity index (χ1n) is 8.27. The van der Waals surface area contributed by atoms with Gasteiger partial charge in [-0.3, -0.25) is 0 Å². The largest absolute Gasteiger partial charge is 0.390 e. The Morgan fingerprint density at radius 2 is 1.92 bits per heavy atom. The van der Waals surface area contributed by atoms with Crippen molar-refractivity contribution in [3.8, 4) is 11.3 Å². The number of halogens is 1. The van der Waals surface area contributed by atoms with Crippen LogP contribution in [0.4, 0.5) is 5.82 Å². The summed E-state index contributed by atoms with van der Waals surface area (Å²) in [6, 6.07) is 13.1. The second-order valence-corrected chi connectivity index (χ2v) is 6.96. The van der Waals surface area contributed by atoms with Crippen LogP contribution in [0.25, 0.3) is 16.9 Å². The van der Waals surface area contributed by atoms with Crippen LogP contribution < -0.4 is 5.32 Å². The summed E-state index contributed by atoms with van der Waals surface area (Å²) in [5.41, 5.74) is 2.40. The van der Waals surface area contributed by atoms with Gasteiger partial charge in [-0.2, -0.15) is 9.61 Å². The number of nitrogens with one attached hydrogen (secondary N) is 1. The van der Waals surface area contributed by atoms with Crippen LogP contribution in [-0.4, -0.2) is 43.1 Å². The summed E-state index contributed by atoms with van der Waals surface area (Å²) in [7, 11) is 0. The predicted octanol–water partition coefficient (Wildman–Crippen LogP) is 2.59. The molecule has 130 valence electrons. The Kier molecular flexibility index (Phi) is 4.11. The van der Waals surface area contributed by atoms with E-state index >= 15 is 0 Å². The van der Waals surface area contributed by atoms with Gasteiger partial charge in [0.1, 0.15) is 17.1 Å². The molecule has 0 bridgehead atoms. The molecular formula is C18H19ClN4O2. The summed E-state index contributed by atoms with van der Waals surface area (Å²) in [6.07, 6.45) is -0.903. The van der Waals surface area contributed by atoms with E-state index in [1.165, 1.54) is 0 Å². The standard InChI is InChI=1S/C18H19ClN4O2/c1-10-7-13(18(25)17(10)24)20-16-9-14(19)21-15-8-12(22-23(15)16)11-5-3-2-4-6-11/h2-6,8-10,13,17-18,20,24-25H,7H2,1H3/t10-,13-,17-,18+/m1/s1. The number of hydrogen-bond acceptors (Lipinski definition) is 5. The highest BCUT2D eigenvalue weighted by Crippen LogP contribution is 2.30. The van der Waals surface area contributed by atoms with Crippen LogP contribution >= 0.6 is 11.6 Å². The molecule has 2 aromatic heterocycles. The third-order valence-electron chi connectivity index (χ3n) is 4.77. The molecule has 0 spiro atoms. The molecule has 25 heavy (non-hydrogen) atoms. The lowest BCUT2D eigenvalue weighted by molar-refractivity contribution is 0.0210. The van der Waals surface area contributed by atoms with E-state index in [0.717, 1.165) is 11.3 Å². The van der Waals surface area contributed by atoms with E-state index in [4.69, 9.17) is 11.6 Å². The van der Waals surface area contributed by atoms with Crippen molar-refractivity contribution in [2.75, 3.05) is 5.32 Å². The molecule has 3 aromatic rings. The molecule has 7 heteroatoms. The monoisotopic (exact) mass is 358 g/mol. The number of anilines is 1. The second kappa shape index (κ2) is 6.29. The van der Waals surface area contributed by atoms with Crippen molar-refractivity contribution in [3.05, 3.63) is 47.6 Å². The lowest BCUT2D eigenvalue weighted by Gasteiger charge is -2.19. The number of rotatable bonds is 3. The minimum absolute atomic E-state index is 0.0257. The van der Waals surface area contributed by atoms with Crippen molar-refractivity contribution in [3.63, 3.8) is 0 Å². The van der Waals surface area contributed by atoms with Crippen LogP contribution in [0.15, 0.2) is 42.5 Å². The summed E-state index contributed by atoms with van der Waals surface area (Å²) in [6.45, 7) is 1.92. The van der Waals surface area contributed by atoms with Crippen molar-refractivity contribution in [1.82, 2.24) is 14.6 Å². The van der Waals surface area contributed by atoms with Gasteiger partial charge < -0.3 is 15.5 Å². The third kappa shape index (κ3) is 2.97. The van der Waals surface area contributed by atoms with E-state index < -0.39 is 12.2 Å². The number of nitrogens with zero attached hydrogens (tertiary/aromatic N) is 3. The smallest absolute Gasteiger partial charge is 0.159 e. The zero-order chi connectivity index (χ0) is 17.6. The van der Waals surface area contributed by atoms with Gasteiger partial charge in [-0.15, -0.1) is 0 Å². The Morgan fingerprint density at radius 1 is 1.16 bits per heavy atom. The highest BCUT2D eigenvalue weighted by molar-refractivity contribution is 6.29. The van der Waals surface area contributed by atoms with Crippen LogP contribution in [0.3, 0.4) is 0 Å². The molecule has 4 rings (SSSR count). The lowest BCUT2D eigenvalue weighted by Crippen LogP contribution is -2.35. The van der Waals surface area contributed by atoms with Crippen molar-refractivity contribution < 1.29 is 10.2 Å². The average Bonchev–Trinajstić information content (AvgIpc) is 3.13. The number of benzene rings is 1. The minimum atomic E-state index is -0.832. The Morgan fingerprint density at radius 3 is 2.60 bits per heavy atom. The number of aliphatic hydroxyl groups is 2. The number of fused-ring (bicyclic) bond motifs is 1. The Bertz CT molecular complexity index is 899. The van der Waals surface area contributed by atoms with Crippen LogP contribution in [0.2, 0.25) is 5.15 Å². The summed E-state index contributed by atoms with van der Waals surface area (Å²) in [4.78, 5) is 4.32. The molecule has 3 N–H and O–H groups in total. The molecule has 1 saturated carbocycles. The molecule has 4 atom stereocenters. The van der Waals surface area contributed by atoms with Crippen molar-refractivity contribution in [1.29, 1.82) is 0 Å². The topological polar surface area (TPSA) is 82.7 Å². The maximum Gasteiger partial charge on any atom is 0.159 e. The van der Waals surface area contributed by atoms with E-state index in [2.05, 4.69) is 15.4 Å². The van der Waals surface area contributed by atoms with Gasteiger partial charge in [-0.25, -0.2) is 4.98 Å². The van der Waals surface area contributed by atoms with Crippen molar-refractivity contribution in [2.45, 2.75) is 31.6 Å².